The summed E-state index contributed by atoms with van der Waals surface area (Å²) in [4.78, 5) is 13.9. The van der Waals surface area contributed by atoms with E-state index in [-0.39, 0.29) is 17.6 Å². The van der Waals surface area contributed by atoms with Crippen LogP contribution in [0, 0.1) is 11.8 Å². The first-order valence-electron chi connectivity index (χ1n) is 11.6. The van der Waals surface area contributed by atoms with Gasteiger partial charge in [0.1, 0.15) is 5.78 Å². The van der Waals surface area contributed by atoms with Gasteiger partial charge in [0.25, 0.3) is 0 Å². The Bertz CT molecular complexity index is 770. The molecular formula is C26H36O3S. The van der Waals surface area contributed by atoms with Crippen molar-refractivity contribution in [2.75, 3.05) is 0 Å². The van der Waals surface area contributed by atoms with Crippen molar-refractivity contribution < 1.29 is 15.0 Å². The van der Waals surface area contributed by atoms with Crippen LogP contribution >= 0.6 is 11.3 Å². The van der Waals surface area contributed by atoms with Crippen molar-refractivity contribution in [2.45, 2.75) is 83.3 Å². The van der Waals surface area contributed by atoms with E-state index in [2.05, 4.69) is 36.6 Å². The molecule has 0 saturated heterocycles. The quantitative estimate of drug-likeness (QED) is 0.415. The molecule has 0 spiro atoms. The van der Waals surface area contributed by atoms with Crippen LogP contribution in [0.1, 0.15) is 80.4 Å². The zero-order valence-electron chi connectivity index (χ0n) is 18.1. The van der Waals surface area contributed by atoms with E-state index >= 15 is 0 Å². The summed E-state index contributed by atoms with van der Waals surface area (Å²) in [5, 5.41) is 23.0. The first kappa shape index (κ1) is 23.2. The van der Waals surface area contributed by atoms with Gasteiger partial charge in [-0.15, -0.1) is 11.3 Å². The van der Waals surface area contributed by atoms with E-state index in [1.165, 1.54) is 10.4 Å². The third-order valence-corrected chi connectivity index (χ3v) is 7.47. The summed E-state index contributed by atoms with van der Waals surface area (Å²) in [6.07, 6.45) is 8.13. The lowest BCUT2D eigenvalue weighted by Crippen LogP contribution is -2.21. The van der Waals surface area contributed by atoms with Crippen LogP contribution in [-0.2, 0) is 17.6 Å². The van der Waals surface area contributed by atoms with E-state index in [1.54, 1.807) is 11.3 Å². The normalized spacial score (nSPS) is 22.5. The van der Waals surface area contributed by atoms with E-state index in [4.69, 9.17) is 0 Å². The van der Waals surface area contributed by atoms with Gasteiger partial charge in [-0.2, -0.15) is 0 Å². The van der Waals surface area contributed by atoms with Crippen LogP contribution in [-0.4, -0.2) is 22.1 Å². The summed E-state index contributed by atoms with van der Waals surface area (Å²) in [6, 6.07) is 12.4. The van der Waals surface area contributed by atoms with Crippen LogP contribution in [0.4, 0.5) is 0 Å². The maximum absolute atomic E-state index is 12.5. The summed E-state index contributed by atoms with van der Waals surface area (Å²) in [5.74, 6) is 0.265. The molecule has 3 nitrogen and oxygen atoms in total. The SMILES string of the molecule is CCCCCC(O)c1cccc(CC[C@H]2C(=O)CC(O)[C@@H]2CCCc2cccs2)c1. The molecule has 0 amide bonds. The fraction of sp³-hybridized carbons (Fsp3) is 0.577. The van der Waals surface area contributed by atoms with Gasteiger partial charge in [0.15, 0.2) is 0 Å². The lowest BCUT2D eigenvalue weighted by molar-refractivity contribution is -0.121. The van der Waals surface area contributed by atoms with Crippen LogP contribution in [0.5, 0.6) is 0 Å². The van der Waals surface area contributed by atoms with Gasteiger partial charge in [0.2, 0.25) is 0 Å². The topological polar surface area (TPSA) is 57.5 Å². The number of benzene rings is 1. The van der Waals surface area contributed by atoms with E-state index in [0.717, 1.165) is 63.4 Å². The Morgan fingerprint density at radius 2 is 1.97 bits per heavy atom. The summed E-state index contributed by atoms with van der Waals surface area (Å²) in [7, 11) is 0. The number of aliphatic hydroxyl groups is 2. The molecule has 30 heavy (non-hydrogen) atoms. The molecule has 1 heterocycles. The molecule has 1 saturated carbocycles. The molecule has 1 aromatic carbocycles. The number of hydrogen-bond donors (Lipinski definition) is 2. The average molecular weight is 429 g/mol. The predicted octanol–water partition coefficient (Wildman–Crippen LogP) is 5.88. The molecule has 2 N–H and O–H groups in total. The fourth-order valence-corrected chi connectivity index (χ4v) is 5.53. The second-order valence-electron chi connectivity index (χ2n) is 8.78. The number of carbonyl (C=O) groups is 1. The molecular weight excluding hydrogens is 392 g/mol. The molecule has 0 aliphatic heterocycles. The Morgan fingerprint density at radius 1 is 1.10 bits per heavy atom. The number of hydrogen-bond acceptors (Lipinski definition) is 4. The predicted molar refractivity (Wildman–Crippen MR) is 124 cm³/mol. The van der Waals surface area contributed by atoms with Crippen molar-refractivity contribution in [2.24, 2.45) is 11.8 Å². The number of rotatable bonds is 12. The van der Waals surface area contributed by atoms with Crippen LogP contribution in [0.15, 0.2) is 41.8 Å². The van der Waals surface area contributed by atoms with E-state index < -0.39 is 12.2 Å². The average Bonchev–Trinajstić information content (AvgIpc) is 3.35. The maximum Gasteiger partial charge on any atom is 0.138 e. The van der Waals surface area contributed by atoms with Gasteiger partial charge in [-0.25, -0.2) is 0 Å². The molecule has 1 fully saturated rings. The van der Waals surface area contributed by atoms with Crippen molar-refractivity contribution >= 4 is 17.1 Å². The number of Topliss-reactive ketones (excluding diaryl/α,β-unsaturated/α-hetero) is 1. The summed E-state index contributed by atoms with van der Waals surface area (Å²) in [5.41, 5.74) is 2.16. The van der Waals surface area contributed by atoms with Gasteiger partial charge >= 0.3 is 0 Å². The van der Waals surface area contributed by atoms with E-state index in [0.29, 0.717) is 6.42 Å². The van der Waals surface area contributed by atoms with E-state index in [9.17, 15) is 15.0 Å². The Labute approximate surface area is 185 Å². The van der Waals surface area contributed by atoms with Gasteiger partial charge in [-0.3, -0.25) is 4.79 Å². The summed E-state index contributed by atoms with van der Waals surface area (Å²) < 4.78 is 0. The Kier molecular flexibility index (Phi) is 9.10. The molecule has 0 bridgehead atoms. The number of aliphatic hydroxyl groups excluding tert-OH is 2. The van der Waals surface area contributed by atoms with Gasteiger partial charge in [0.05, 0.1) is 12.2 Å². The molecule has 1 aromatic heterocycles. The number of ketones is 1. The zero-order valence-corrected chi connectivity index (χ0v) is 18.9. The van der Waals surface area contributed by atoms with Crippen molar-refractivity contribution in [3.63, 3.8) is 0 Å². The first-order valence-corrected chi connectivity index (χ1v) is 12.5. The van der Waals surface area contributed by atoms with Crippen molar-refractivity contribution in [3.05, 3.63) is 57.8 Å². The molecule has 164 valence electrons. The van der Waals surface area contributed by atoms with Crippen LogP contribution < -0.4 is 0 Å². The molecule has 1 aliphatic rings. The van der Waals surface area contributed by atoms with Crippen LogP contribution in [0.25, 0.3) is 0 Å². The molecule has 2 aromatic rings. The number of thiophene rings is 1. The highest BCUT2D eigenvalue weighted by Gasteiger charge is 2.40. The minimum absolute atomic E-state index is 0.0403. The van der Waals surface area contributed by atoms with Gasteiger partial charge in [0, 0.05) is 17.2 Å². The number of carbonyl (C=O) groups excluding carboxylic acids is 1. The van der Waals surface area contributed by atoms with Gasteiger partial charge in [-0.1, -0.05) is 56.5 Å². The molecule has 2 unspecified atom stereocenters. The summed E-state index contributed by atoms with van der Waals surface area (Å²) in [6.45, 7) is 2.17. The highest BCUT2D eigenvalue weighted by molar-refractivity contribution is 7.09. The molecule has 1 aliphatic carbocycles. The van der Waals surface area contributed by atoms with Crippen LogP contribution in [0.2, 0.25) is 0 Å². The van der Waals surface area contributed by atoms with Crippen molar-refractivity contribution in [3.8, 4) is 0 Å². The zero-order chi connectivity index (χ0) is 21.3. The summed E-state index contributed by atoms with van der Waals surface area (Å²) >= 11 is 1.77. The largest absolute Gasteiger partial charge is 0.392 e. The van der Waals surface area contributed by atoms with Gasteiger partial charge < -0.3 is 10.2 Å². The number of aryl methyl sites for hydroxylation is 2. The van der Waals surface area contributed by atoms with Crippen LogP contribution in [0.3, 0.4) is 0 Å². The minimum Gasteiger partial charge on any atom is -0.392 e. The second kappa shape index (κ2) is 11.8. The highest BCUT2D eigenvalue weighted by Crippen LogP contribution is 2.36. The highest BCUT2D eigenvalue weighted by atomic mass is 32.1. The van der Waals surface area contributed by atoms with E-state index in [1.807, 2.05) is 12.1 Å². The second-order valence-corrected chi connectivity index (χ2v) is 9.81. The lowest BCUT2D eigenvalue weighted by Gasteiger charge is -2.21. The molecule has 3 rings (SSSR count). The molecule has 0 radical (unpaired) electrons. The smallest absolute Gasteiger partial charge is 0.138 e. The van der Waals surface area contributed by atoms with Crippen molar-refractivity contribution in [1.82, 2.24) is 0 Å². The maximum atomic E-state index is 12.5. The molecule has 4 atom stereocenters. The minimum atomic E-state index is -0.488. The monoisotopic (exact) mass is 428 g/mol. The Hall–Kier alpha value is -1.49. The molecule has 4 heteroatoms. The van der Waals surface area contributed by atoms with Crippen molar-refractivity contribution in [1.29, 1.82) is 0 Å². The third kappa shape index (κ3) is 6.50. The third-order valence-electron chi connectivity index (χ3n) is 6.54. The first-order chi connectivity index (χ1) is 14.6. The lowest BCUT2D eigenvalue weighted by atomic mass is 9.85. The Balaban J connectivity index is 1.53. The Morgan fingerprint density at radius 3 is 2.73 bits per heavy atom. The standard InChI is InChI=1S/C26H36O3S/c1-2-3-4-13-24(27)20-9-5-8-19(17-20)14-15-23-22(25(28)18-26(23)29)12-6-10-21-11-7-16-30-21/h5,7-9,11,16-17,22-25,27-28H,2-4,6,10,12-15,18H2,1H3/t22-,23-,24?,25?/m1/s1. The fourth-order valence-electron chi connectivity index (χ4n) is 4.78. The van der Waals surface area contributed by atoms with Gasteiger partial charge in [-0.05, 0) is 67.0 Å². The number of unbranched alkanes of at least 4 members (excludes halogenated alkanes) is 2.